The molecule has 17 heavy (non-hydrogen) atoms. The van der Waals surface area contributed by atoms with Crippen LogP contribution in [0.25, 0.3) is 0 Å². The summed E-state index contributed by atoms with van der Waals surface area (Å²) >= 11 is 1.69. The number of hydrogen-bond donors (Lipinski definition) is 1. The summed E-state index contributed by atoms with van der Waals surface area (Å²) < 4.78 is 5.93. The maximum Gasteiger partial charge on any atom is 0.137 e. The SMILES string of the molecule is CCOC(c1nc(N)c(C)s1)C1CCCCC1. The molecule has 0 radical (unpaired) electrons. The van der Waals surface area contributed by atoms with Crippen molar-refractivity contribution in [1.82, 2.24) is 4.98 Å². The van der Waals surface area contributed by atoms with Crippen LogP contribution in [0.4, 0.5) is 5.82 Å². The molecule has 0 amide bonds. The van der Waals surface area contributed by atoms with Crippen LogP contribution >= 0.6 is 11.3 Å². The van der Waals surface area contributed by atoms with Crippen molar-refractivity contribution in [2.45, 2.75) is 52.1 Å². The molecule has 1 aliphatic carbocycles. The lowest BCUT2D eigenvalue weighted by Gasteiger charge is -2.28. The molecule has 96 valence electrons. The lowest BCUT2D eigenvalue weighted by atomic mass is 9.85. The minimum atomic E-state index is 0.168. The van der Waals surface area contributed by atoms with Gasteiger partial charge in [-0.2, -0.15) is 0 Å². The molecule has 3 nitrogen and oxygen atoms in total. The molecule has 2 N–H and O–H groups in total. The average Bonchev–Trinajstić information content (AvgIpc) is 2.67. The Morgan fingerprint density at radius 2 is 2.12 bits per heavy atom. The van der Waals surface area contributed by atoms with E-state index >= 15 is 0 Å². The van der Waals surface area contributed by atoms with E-state index in [0.717, 1.165) is 16.5 Å². The van der Waals surface area contributed by atoms with E-state index in [9.17, 15) is 0 Å². The molecule has 1 aromatic heterocycles. The summed E-state index contributed by atoms with van der Waals surface area (Å²) in [6.45, 7) is 4.83. The van der Waals surface area contributed by atoms with Gasteiger partial charge in [0.2, 0.25) is 0 Å². The number of ether oxygens (including phenoxy) is 1. The van der Waals surface area contributed by atoms with E-state index in [4.69, 9.17) is 10.5 Å². The molecular weight excluding hydrogens is 232 g/mol. The molecule has 1 atom stereocenters. The normalized spacial score (nSPS) is 19.4. The second-order valence-corrected chi connectivity index (χ2v) is 6.00. The highest BCUT2D eigenvalue weighted by atomic mass is 32.1. The van der Waals surface area contributed by atoms with Crippen molar-refractivity contribution < 1.29 is 4.74 Å². The van der Waals surface area contributed by atoms with Gasteiger partial charge in [0.25, 0.3) is 0 Å². The Balaban J connectivity index is 2.15. The van der Waals surface area contributed by atoms with Crippen molar-refractivity contribution in [2.24, 2.45) is 5.92 Å². The van der Waals surface area contributed by atoms with Crippen molar-refractivity contribution in [2.75, 3.05) is 12.3 Å². The topological polar surface area (TPSA) is 48.1 Å². The van der Waals surface area contributed by atoms with Crippen molar-refractivity contribution >= 4 is 17.2 Å². The molecule has 1 saturated carbocycles. The first kappa shape index (κ1) is 12.8. The second-order valence-electron chi connectivity index (χ2n) is 4.77. The van der Waals surface area contributed by atoms with E-state index in [0.29, 0.717) is 11.7 Å². The number of thiazole rings is 1. The first-order valence-electron chi connectivity index (χ1n) is 6.56. The van der Waals surface area contributed by atoms with Crippen LogP contribution in [0.1, 0.15) is 55.0 Å². The van der Waals surface area contributed by atoms with Crippen LogP contribution in [-0.2, 0) is 4.74 Å². The fourth-order valence-corrected chi connectivity index (χ4v) is 3.56. The molecular formula is C13H22N2OS. The quantitative estimate of drug-likeness (QED) is 0.891. The molecule has 0 bridgehead atoms. The molecule has 1 aliphatic rings. The highest BCUT2D eigenvalue weighted by Gasteiger charge is 2.28. The summed E-state index contributed by atoms with van der Waals surface area (Å²) in [4.78, 5) is 5.59. The van der Waals surface area contributed by atoms with Crippen LogP contribution < -0.4 is 5.73 Å². The van der Waals surface area contributed by atoms with Crippen molar-refractivity contribution in [3.63, 3.8) is 0 Å². The Bertz CT molecular complexity index is 339. The number of anilines is 1. The largest absolute Gasteiger partial charge is 0.383 e. The third kappa shape index (κ3) is 2.99. The van der Waals surface area contributed by atoms with Crippen LogP contribution in [0.2, 0.25) is 0 Å². The Labute approximate surface area is 107 Å². The molecule has 0 aromatic carbocycles. The molecule has 1 aromatic rings. The average molecular weight is 254 g/mol. The van der Waals surface area contributed by atoms with Crippen molar-refractivity contribution in [3.8, 4) is 0 Å². The summed E-state index contributed by atoms with van der Waals surface area (Å²) in [7, 11) is 0. The number of nitrogens with zero attached hydrogens (tertiary/aromatic N) is 1. The molecule has 0 spiro atoms. The van der Waals surface area contributed by atoms with Crippen molar-refractivity contribution in [3.05, 3.63) is 9.88 Å². The van der Waals surface area contributed by atoms with Gasteiger partial charge in [0, 0.05) is 11.5 Å². The van der Waals surface area contributed by atoms with Crippen LogP contribution in [0.5, 0.6) is 0 Å². The van der Waals surface area contributed by atoms with Gasteiger partial charge in [0.1, 0.15) is 16.9 Å². The predicted molar refractivity (Wildman–Crippen MR) is 72.2 cm³/mol. The summed E-state index contributed by atoms with van der Waals surface area (Å²) in [5.41, 5.74) is 5.85. The van der Waals surface area contributed by atoms with Gasteiger partial charge in [-0.3, -0.25) is 0 Å². The van der Waals surface area contributed by atoms with E-state index in [2.05, 4.69) is 11.9 Å². The van der Waals surface area contributed by atoms with Gasteiger partial charge in [0.05, 0.1) is 0 Å². The maximum atomic E-state index is 5.93. The number of aryl methyl sites for hydroxylation is 1. The zero-order chi connectivity index (χ0) is 12.3. The molecule has 1 unspecified atom stereocenters. The molecule has 1 fully saturated rings. The van der Waals surface area contributed by atoms with Gasteiger partial charge in [-0.1, -0.05) is 19.3 Å². The van der Waals surface area contributed by atoms with E-state index in [-0.39, 0.29) is 6.10 Å². The standard InChI is InChI=1S/C13H22N2OS/c1-3-16-11(10-7-5-4-6-8-10)13-15-12(14)9(2)17-13/h10-11H,3-8,14H2,1-2H3. The number of hydrogen-bond acceptors (Lipinski definition) is 4. The van der Waals surface area contributed by atoms with Gasteiger partial charge >= 0.3 is 0 Å². The first-order chi connectivity index (χ1) is 8.22. The zero-order valence-corrected chi connectivity index (χ0v) is 11.6. The second kappa shape index (κ2) is 5.83. The molecule has 4 heteroatoms. The lowest BCUT2D eigenvalue weighted by Crippen LogP contribution is -2.19. The zero-order valence-electron chi connectivity index (χ0n) is 10.7. The first-order valence-corrected chi connectivity index (χ1v) is 7.38. The Morgan fingerprint density at radius 3 is 2.65 bits per heavy atom. The Hall–Kier alpha value is -0.610. The highest BCUT2D eigenvalue weighted by Crippen LogP contribution is 2.39. The number of rotatable bonds is 4. The number of nitrogen functional groups attached to an aromatic ring is 1. The third-order valence-corrected chi connectivity index (χ3v) is 4.56. The minimum absolute atomic E-state index is 0.168. The number of nitrogens with two attached hydrogens (primary N) is 1. The van der Waals surface area contributed by atoms with Crippen LogP contribution in [0, 0.1) is 12.8 Å². The fraction of sp³-hybridized carbons (Fsp3) is 0.769. The van der Waals surface area contributed by atoms with E-state index in [1.807, 2.05) is 6.92 Å². The smallest absolute Gasteiger partial charge is 0.137 e. The van der Waals surface area contributed by atoms with E-state index < -0.39 is 0 Å². The summed E-state index contributed by atoms with van der Waals surface area (Å²) in [5.74, 6) is 1.30. The Kier molecular flexibility index (Phi) is 4.40. The minimum Gasteiger partial charge on any atom is -0.383 e. The van der Waals surface area contributed by atoms with E-state index in [1.165, 1.54) is 32.1 Å². The monoisotopic (exact) mass is 254 g/mol. The maximum absolute atomic E-state index is 5.93. The molecule has 0 aliphatic heterocycles. The van der Waals surface area contributed by atoms with Gasteiger partial charge in [-0.05, 0) is 32.6 Å². The highest BCUT2D eigenvalue weighted by molar-refractivity contribution is 7.12. The summed E-state index contributed by atoms with van der Waals surface area (Å²) in [6.07, 6.45) is 6.73. The number of aromatic nitrogens is 1. The summed E-state index contributed by atoms with van der Waals surface area (Å²) in [5, 5.41) is 1.08. The lowest BCUT2D eigenvalue weighted by molar-refractivity contribution is 0.00557. The predicted octanol–water partition coefficient (Wildman–Crippen LogP) is 3.69. The van der Waals surface area contributed by atoms with Crippen molar-refractivity contribution in [1.29, 1.82) is 0 Å². The molecule has 0 saturated heterocycles. The Morgan fingerprint density at radius 1 is 1.41 bits per heavy atom. The van der Waals surface area contributed by atoms with Gasteiger partial charge in [-0.15, -0.1) is 11.3 Å². The van der Waals surface area contributed by atoms with E-state index in [1.54, 1.807) is 11.3 Å². The van der Waals surface area contributed by atoms with Crippen LogP contribution in [0.3, 0.4) is 0 Å². The van der Waals surface area contributed by atoms with Crippen LogP contribution in [0.15, 0.2) is 0 Å². The third-order valence-electron chi connectivity index (χ3n) is 3.52. The van der Waals surface area contributed by atoms with Gasteiger partial charge < -0.3 is 10.5 Å². The fourth-order valence-electron chi connectivity index (χ4n) is 2.58. The van der Waals surface area contributed by atoms with Gasteiger partial charge in [-0.25, -0.2) is 4.98 Å². The van der Waals surface area contributed by atoms with Crippen LogP contribution in [-0.4, -0.2) is 11.6 Å². The molecule has 2 rings (SSSR count). The summed E-state index contributed by atoms with van der Waals surface area (Å²) in [6, 6.07) is 0. The van der Waals surface area contributed by atoms with Gasteiger partial charge in [0.15, 0.2) is 0 Å². The molecule has 1 heterocycles.